The summed E-state index contributed by atoms with van der Waals surface area (Å²) in [5.41, 5.74) is 1.28. The topological polar surface area (TPSA) is 12.0 Å². The molecular weight excluding hydrogens is 177 g/mol. The molecule has 0 atom stereocenters. The van der Waals surface area contributed by atoms with Crippen molar-refractivity contribution >= 4 is 0 Å². The molecule has 2 heteroatoms. The smallest absolute Gasteiger partial charge is 0.123 e. The van der Waals surface area contributed by atoms with Gasteiger partial charge in [-0.1, -0.05) is 19.1 Å². The number of hydrogen-bond donors (Lipinski definition) is 1. The highest BCUT2D eigenvalue weighted by molar-refractivity contribution is 5.23. The van der Waals surface area contributed by atoms with Crippen LogP contribution >= 0.6 is 0 Å². The number of halogens is 1. The van der Waals surface area contributed by atoms with Gasteiger partial charge in [0.05, 0.1) is 0 Å². The van der Waals surface area contributed by atoms with E-state index < -0.39 is 0 Å². The summed E-state index contributed by atoms with van der Waals surface area (Å²) in [5, 5.41) is 3.42. The molecule has 1 aromatic rings. The normalized spacial score (nSPS) is 25.9. The number of hydrogen-bond acceptors (Lipinski definition) is 1. The second-order valence-electron chi connectivity index (χ2n) is 3.97. The molecule has 1 fully saturated rings. The van der Waals surface area contributed by atoms with E-state index in [0.29, 0.717) is 12.0 Å². The van der Waals surface area contributed by atoms with E-state index in [1.165, 1.54) is 18.4 Å². The molecule has 1 aliphatic rings. The van der Waals surface area contributed by atoms with Gasteiger partial charge in [0.2, 0.25) is 0 Å². The van der Waals surface area contributed by atoms with Gasteiger partial charge in [0.1, 0.15) is 5.82 Å². The maximum absolute atomic E-state index is 12.7. The lowest BCUT2D eigenvalue weighted by atomic mass is 9.76. The first-order chi connectivity index (χ1) is 6.79. The van der Waals surface area contributed by atoms with E-state index in [9.17, 15) is 4.39 Å². The van der Waals surface area contributed by atoms with E-state index in [1.54, 1.807) is 12.1 Å². The van der Waals surface area contributed by atoms with Crippen LogP contribution in [0.1, 0.15) is 31.2 Å². The zero-order valence-corrected chi connectivity index (χ0v) is 8.46. The second kappa shape index (κ2) is 4.09. The van der Waals surface area contributed by atoms with E-state index in [2.05, 4.69) is 12.2 Å². The monoisotopic (exact) mass is 193 g/mol. The second-order valence-corrected chi connectivity index (χ2v) is 3.97. The van der Waals surface area contributed by atoms with Gasteiger partial charge in [0, 0.05) is 6.04 Å². The van der Waals surface area contributed by atoms with Crippen LogP contribution in [0.25, 0.3) is 0 Å². The van der Waals surface area contributed by atoms with Crippen LogP contribution < -0.4 is 5.32 Å². The molecule has 1 nitrogen and oxygen atoms in total. The fourth-order valence-electron chi connectivity index (χ4n) is 2.08. The first-order valence-electron chi connectivity index (χ1n) is 5.28. The van der Waals surface area contributed by atoms with Crippen molar-refractivity contribution in [1.29, 1.82) is 0 Å². The van der Waals surface area contributed by atoms with Gasteiger partial charge in [-0.15, -0.1) is 0 Å². The molecule has 1 saturated carbocycles. The zero-order chi connectivity index (χ0) is 9.97. The van der Waals surface area contributed by atoms with Gasteiger partial charge in [-0.25, -0.2) is 4.39 Å². The fraction of sp³-hybridized carbons (Fsp3) is 0.500. The molecule has 0 amide bonds. The molecular formula is C12H16FN. The molecule has 0 saturated heterocycles. The molecule has 0 radical (unpaired) electrons. The van der Waals surface area contributed by atoms with Crippen molar-refractivity contribution in [1.82, 2.24) is 5.32 Å². The first-order valence-corrected chi connectivity index (χ1v) is 5.28. The van der Waals surface area contributed by atoms with Crippen LogP contribution in [0.4, 0.5) is 4.39 Å². The minimum absolute atomic E-state index is 0.142. The average Bonchev–Trinajstić information content (AvgIpc) is 2.13. The zero-order valence-electron chi connectivity index (χ0n) is 8.46. The minimum Gasteiger partial charge on any atom is -0.314 e. The van der Waals surface area contributed by atoms with Crippen molar-refractivity contribution in [2.24, 2.45) is 0 Å². The molecule has 0 aliphatic heterocycles. The minimum atomic E-state index is -0.142. The van der Waals surface area contributed by atoms with Crippen LogP contribution in [0.3, 0.4) is 0 Å². The summed E-state index contributed by atoms with van der Waals surface area (Å²) >= 11 is 0. The van der Waals surface area contributed by atoms with Crippen molar-refractivity contribution in [2.45, 2.75) is 31.7 Å². The lowest BCUT2D eigenvalue weighted by Gasteiger charge is -2.36. The largest absolute Gasteiger partial charge is 0.314 e. The van der Waals surface area contributed by atoms with E-state index in [1.807, 2.05) is 12.1 Å². The highest BCUT2D eigenvalue weighted by Gasteiger charge is 2.29. The third kappa shape index (κ3) is 1.95. The Bertz CT molecular complexity index is 288. The standard InChI is InChI=1S/C12H16FN/c1-2-14-12-7-10(8-12)9-3-5-11(13)6-4-9/h3-6,10,12,14H,2,7-8H2,1H3. The lowest BCUT2D eigenvalue weighted by Crippen LogP contribution is -2.39. The van der Waals surface area contributed by atoms with Crippen LogP contribution in [0, 0.1) is 5.82 Å². The molecule has 0 heterocycles. The summed E-state index contributed by atoms with van der Waals surface area (Å²) < 4.78 is 12.7. The summed E-state index contributed by atoms with van der Waals surface area (Å²) in [6, 6.07) is 7.59. The molecule has 76 valence electrons. The first kappa shape index (κ1) is 9.66. The van der Waals surface area contributed by atoms with Crippen LogP contribution in [0.15, 0.2) is 24.3 Å². The number of nitrogens with one attached hydrogen (secondary N) is 1. The van der Waals surface area contributed by atoms with Gasteiger partial charge in [0.25, 0.3) is 0 Å². The summed E-state index contributed by atoms with van der Waals surface area (Å²) in [6.45, 7) is 3.17. The van der Waals surface area contributed by atoms with Crippen LogP contribution in [-0.4, -0.2) is 12.6 Å². The van der Waals surface area contributed by atoms with E-state index in [4.69, 9.17) is 0 Å². The van der Waals surface area contributed by atoms with Crippen LogP contribution in [0.5, 0.6) is 0 Å². The highest BCUT2D eigenvalue weighted by atomic mass is 19.1. The molecule has 2 rings (SSSR count). The third-order valence-electron chi connectivity index (χ3n) is 2.97. The quantitative estimate of drug-likeness (QED) is 0.778. The van der Waals surface area contributed by atoms with E-state index in [0.717, 1.165) is 6.54 Å². The predicted molar refractivity (Wildman–Crippen MR) is 55.8 cm³/mol. The van der Waals surface area contributed by atoms with Crippen molar-refractivity contribution in [2.75, 3.05) is 6.54 Å². The highest BCUT2D eigenvalue weighted by Crippen LogP contribution is 2.36. The Kier molecular flexibility index (Phi) is 2.82. The van der Waals surface area contributed by atoms with Crippen molar-refractivity contribution < 1.29 is 4.39 Å². The van der Waals surface area contributed by atoms with Gasteiger partial charge in [-0.05, 0) is 43.0 Å². The third-order valence-corrected chi connectivity index (χ3v) is 2.97. The molecule has 0 bridgehead atoms. The molecule has 0 unspecified atom stereocenters. The summed E-state index contributed by atoms with van der Waals surface area (Å²) in [4.78, 5) is 0. The van der Waals surface area contributed by atoms with Crippen molar-refractivity contribution in [3.05, 3.63) is 35.6 Å². The summed E-state index contributed by atoms with van der Waals surface area (Å²) in [7, 11) is 0. The fourth-order valence-corrected chi connectivity index (χ4v) is 2.08. The van der Waals surface area contributed by atoms with E-state index >= 15 is 0 Å². The van der Waals surface area contributed by atoms with Gasteiger partial charge in [-0.3, -0.25) is 0 Å². The molecule has 1 N–H and O–H groups in total. The van der Waals surface area contributed by atoms with Gasteiger partial charge in [0.15, 0.2) is 0 Å². The molecule has 1 aromatic carbocycles. The Balaban J connectivity index is 1.90. The number of benzene rings is 1. The molecule has 0 aromatic heterocycles. The van der Waals surface area contributed by atoms with Crippen LogP contribution in [-0.2, 0) is 0 Å². The van der Waals surface area contributed by atoms with E-state index in [-0.39, 0.29) is 5.82 Å². The Morgan fingerprint density at radius 3 is 2.50 bits per heavy atom. The maximum Gasteiger partial charge on any atom is 0.123 e. The Hall–Kier alpha value is -0.890. The number of rotatable bonds is 3. The molecule has 1 aliphatic carbocycles. The Morgan fingerprint density at radius 2 is 1.93 bits per heavy atom. The maximum atomic E-state index is 12.7. The lowest BCUT2D eigenvalue weighted by molar-refractivity contribution is 0.296. The molecule has 0 spiro atoms. The summed E-state index contributed by atoms with van der Waals surface area (Å²) in [5.74, 6) is 0.496. The predicted octanol–water partition coefficient (Wildman–Crippen LogP) is 2.68. The van der Waals surface area contributed by atoms with Crippen LogP contribution in [0.2, 0.25) is 0 Å². The SMILES string of the molecule is CCNC1CC(c2ccc(F)cc2)C1. The van der Waals surface area contributed by atoms with Crippen molar-refractivity contribution in [3.8, 4) is 0 Å². The Morgan fingerprint density at radius 1 is 1.29 bits per heavy atom. The van der Waals surface area contributed by atoms with Gasteiger partial charge >= 0.3 is 0 Å². The Labute approximate surface area is 84.3 Å². The molecule has 14 heavy (non-hydrogen) atoms. The van der Waals surface area contributed by atoms with Gasteiger partial charge < -0.3 is 5.32 Å². The van der Waals surface area contributed by atoms with Gasteiger partial charge in [-0.2, -0.15) is 0 Å². The average molecular weight is 193 g/mol. The summed E-state index contributed by atoms with van der Waals surface area (Å²) in [6.07, 6.45) is 2.39. The van der Waals surface area contributed by atoms with Crippen molar-refractivity contribution in [3.63, 3.8) is 0 Å².